The number of fused-ring (bicyclic) bond motifs is 3. The molecule has 9 rings (SSSR count). The van der Waals surface area contributed by atoms with Gasteiger partial charge in [-0.3, -0.25) is 0 Å². The van der Waals surface area contributed by atoms with E-state index in [-0.39, 0.29) is 11.5 Å². The van der Waals surface area contributed by atoms with E-state index in [0.29, 0.717) is 0 Å². The van der Waals surface area contributed by atoms with Crippen molar-refractivity contribution in [1.29, 1.82) is 0 Å². The summed E-state index contributed by atoms with van der Waals surface area (Å²) < 4.78 is 0. The van der Waals surface area contributed by atoms with Crippen molar-refractivity contribution >= 4 is 44.8 Å². The van der Waals surface area contributed by atoms with Gasteiger partial charge in [-0.05, 0) is 98.2 Å². The van der Waals surface area contributed by atoms with Gasteiger partial charge in [0.05, 0.1) is 11.7 Å². The normalized spacial score (nSPS) is 16.0. The predicted octanol–water partition coefficient (Wildman–Crippen LogP) is 11.8. The largest absolute Gasteiger partial charge is 0.329 e. The van der Waals surface area contributed by atoms with Crippen LogP contribution in [0.25, 0.3) is 42.1 Å². The molecule has 7 aromatic rings. The van der Waals surface area contributed by atoms with Crippen molar-refractivity contribution in [2.24, 2.45) is 0 Å². The van der Waals surface area contributed by atoms with Crippen LogP contribution in [0.2, 0.25) is 0 Å². The fourth-order valence-corrected chi connectivity index (χ4v) is 9.25. The molecule has 2 aromatic heterocycles. The molecule has 3 heterocycles. The van der Waals surface area contributed by atoms with Crippen LogP contribution in [0.3, 0.4) is 0 Å². The molecule has 0 N–H and O–H groups in total. The Morgan fingerprint density at radius 2 is 1.44 bits per heavy atom. The number of hydrogen-bond acceptors (Lipinski definition) is 3. The van der Waals surface area contributed by atoms with Gasteiger partial charge in [-0.2, -0.15) is 0 Å². The lowest BCUT2D eigenvalue weighted by Crippen LogP contribution is -2.21. The molecule has 2 aliphatic rings. The second kappa shape index (κ2) is 9.28. The van der Waals surface area contributed by atoms with Crippen molar-refractivity contribution < 1.29 is 0 Å². The first-order valence-corrected chi connectivity index (χ1v) is 16.6. The molecule has 0 bridgehead atoms. The molecule has 206 valence electrons. The van der Waals surface area contributed by atoms with Crippen LogP contribution < -0.4 is 4.90 Å². The zero-order valence-electron chi connectivity index (χ0n) is 24.0. The van der Waals surface area contributed by atoms with Crippen molar-refractivity contribution in [3.05, 3.63) is 155 Å². The quantitative estimate of drug-likeness (QED) is 0.198. The van der Waals surface area contributed by atoms with Crippen molar-refractivity contribution in [2.45, 2.75) is 25.3 Å². The Hall–Kier alpha value is -4.44. The summed E-state index contributed by atoms with van der Waals surface area (Å²) in [6.07, 6.45) is 0. The summed E-state index contributed by atoms with van der Waals surface area (Å²) in [7, 11) is 0. The van der Waals surface area contributed by atoms with Gasteiger partial charge in [0.1, 0.15) is 0 Å². The van der Waals surface area contributed by atoms with Gasteiger partial charge < -0.3 is 4.90 Å². The lowest BCUT2D eigenvalue weighted by molar-refractivity contribution is 0.658. The number of benzene rings is 5. The number of nitrogens with zero attached hydrogens (tertiary/aromatic N) is 1. The molecular weight excluding hydrogens is 559 g/mol. The average molecular weight is 588 g/mol. The fourth-order valence-electron chi connectivity index (χ4n) is 7.42. The van der Waals surface area contributed by atoms with Gasteiger partial charge in [-0.15, -0.1) is 22.7 Å². The third-order valence-electron chi connectivity index (χ3n) is 9.41. The lowest BCUT2D eigenvalue weighted by Gasteiger charge is -2.30. The Labute approximate surface area is 260 Å². The minimum Gasteiger partial charge on any atom is -0.329 e. The molecule has 1 aliphatic heterocycles. The van der Waals surface area contributed by atoms with Crippen molar-refractivity contribution in [3.63, 3.8) is 0 Å². The highest BCUT2D eigenvalue weighted by Gasteiger charge is 2.39. The molecule has 0 saturated heterocycles. The number of anilines is 2. The third-order valence-corrected chi connectivity index (χ3v) is 11.6. The van der Waals surface area contributed by atoms with Crippen molar-refractivity contribution in [1.82, 2.24) is 0 Å². The highest BCUT2D eigenvalue weighted by atomic mass is 32.1. The Kier molecular flexibility index (Phi) is 5.41. The molecular formula is C40H29NS2. The minimum absolute atomic E-state index is 0.0443. The molecule has 5 aromatic carbocycles. The lowest BCUT2D eigenvalue weighted by atomic mass is 9.81. The van der Waals surface area contributed by atoms with Crippen LogP contribution in [0.15, 0.2) is 133 Å². The number of rotatable bonds is 4. The summed E-state index contributed by atoms with van der Waals surface area (Å²) in [6.45, 7) is 4.75. The van der Waals surface area contributed by atoms with E-state index in [1.807, 2.05) is 22.7 Å². The van der Waals surface area contributed by atoms with E-state index < -0.39 is 0 Å². The van der Waals surface area contributed by atoms with Gasteiger partial charge in [0.15, 0.2) is 0 Å². The maximum atomic E-state index is 2.56. The van der Waals surface area contributed by atoms with Crippen LogP contribution in [-0.2, 0) is 5.41 Å². The molecule has 0 saturated carbocycles. The van der Waals surface area contributed by atoms with E-state index in [9.17, 15) is 0 Å². The topological polar surface area (TPSA) is 3.24 Å². The first-order chi connectivity index (χ1) is 21.1. The van der Waals surface area contributed by atoms with Crippen LogP contribution in [0, 0.1) is 0 Å². The monoisotopic (exact) mass is 587 g/mol. The Bertz CT molecular complexity index is 2170. The van der Waals surface area contributed by atoms with Crippen LogP contribution in [0.1, 0.15) is 42.1 Å². The Balaban J connectivity index is 1.26. The molecule has 1 unspecified atom stereocenters. The summed E-state index contributed by atoms with van der Waals surface area (Å²) in [5.74, 6) is 0. The number of hydrogen-bond donors (Lipinski definition) is 0. The van der Waals surface area contributed by atoms with Crippen LogP contribution in [-0.4, -0.2) is 0 Å². The van der Waals surface area contributed by atoms with E-state index in [1.54, 1.807) is 0 Å². The molecule has 1 atom stereocenters. The second-order valence-corrected chi connectivity index (χ2v) is 14.2. The maximum Gasteiger partial charge on any atom is 0.0852 e. The molecule has 3 heteroatoms. The van der Waals surface area contributed by atoms with Crippen molar-refractivity contribution in [3.8, 4) is 31.3 Å². The molecule has 0 radical (unpaired) electrons. The Morgan fingerprint density at radius 1 is 0.628 bits per heavy atom. The highest BCUT2D eigenvalue weighted by molar-refractivity contribution is 7.23. The van der Waals surface area contributed by atoms with E-state index in [0.717, 1.165) is 0 Å². The average Bonchev–Trinajstić information content (AvgIpc) is 3.84. The van der Waals surface area contributed by atoms with Gasteiger partial charge in [-0.25, -0.2) is 0 Å². The molecule has 0 spiro atoms. The first kappa shape index (κ1) is 25.1. The molecule has 0 amide bonds. The Morgan fingerprint density at radius 3 is 2.30 bits per heavy atom. The highest BCUT2D eigenvalue weighted by Crippen LogP contribution is 2.55. The molecule has 1 nitrogen and oxygen atoms in total. The molecule has 43 heavy (non-hydrogen) atoms. The van der Waals surface area contributed by atoms with Gasteiger partial charge in [0, 0.05) is 31.1 Å². The smallest absolute Gasteiger partial charge is 0.0852 e. The molecule has 1 aliphatic carbocycles. The zero-order chi connectivity index (χ0) is 28.7. The SMILES string of the molecule is CC1(C)c2ccccc2-c2ccc(C3c4cc(-c5ccc(-c6cccs6)s5)cc5cccc(c45)N3c3ccccc3)cc21. The van der Waals surface area contributed by atoms with E-state index >= 15 is 0 Å². The van der Waals surface area contributed by atoms with Gasteiger partial charge in [0.25, 0.3) is 0 Å². The molecule has 0 fully saturated rings. The summed E-state index contributed by atoms with van der Waals surface area (Å²) >= 11 is 3.70. The van der Waals surface area contributed by atoms with E-state index in [4.69, 9.17) is 0 Å². The summed E-state index contributed by atoms with van der Waals surface area (Å²) in [6, 6.07) is 47.7. The van der Waals surface area contributed by atoms with E-state index in [1.165, 1.54) is 75.7 Å². The maximum absolute atomic E-state index is 2.56. The third kappa shape index (κ3) is 3.68. The summed E-state index contributed by atoms with van der Waals surface area (Å²) in [5.41, 5.74) is 12.0. The van der Waals surface area contributed by atoms with Crippen LogP contribution >= 0.6 is 22.7 Å². The predicted molar refractivity (Wildman–Crippen MR) is 185 cm³/mol. The standard InChI is InChI=1S/C40H29NS2/c1-40(2)32-14-7-6-13-29(32)30-18-17-26(24-33(30)40)39-31-23-27(35-19-20-37(43-35)36-16-9-21-42-36)22-25-10-8-15-34(38(25)31)41(39)28-11-4-3-5-12-28/h3-24,39H,1-2H3. The minimum atomic E-state index is -0.0443. The van der Waals surface area contributed by atoms with Crippen LogP contribution in [0.4, 0.5) is 11.4 Å². The van der Waals surface area contributed by atoms with Gasteiger partial charge in [0.2, 0.25) is 0 Å². The summed E-state index contributed by atoms with van der Waals surface area (Å²) in [4.78, 5) is 6.54. The van der Waals surface area contributed by atoms with Crippen molar-refractivity contribution in [2.75, 3.05) is 4.90 Å². The first-order valence-electron chi connectivity index (χ1n) is 14.9. The summed E-state index contributed by atoms with van der Waals surface area (Å²) in [5, 5.41) is 4.82. The van der Waals surface area contributed by atoms with Gasteiger partial charge in [-0.1, -0.05) is 92.7 Å². The number of thiophene rings is 2. The zero-order valence-corrected chi connectivity index (χ0v) is 25.7. The second-order valence-electron chi connectivity index (χ2n) is 12.2. The van der Waals surface area contributed by atoms with Crippen LogP contribution in [0.5, 0.6) is 0 Å². The fraction of sp³-hybridized carbons (Fsp3) is 0.100. The van der Waals surface area contributed by atoms with Gasteiger partial charge >= 0.3 is 0 Å². The van der Waals surface area contributed by atoms with E-state index in [2.05, 4.69) is 152 Å². The number of para-hydroxylation sites is 1.